The first kappa shape index (κ1) is 12.1. The second kappa shape index (κ2) is 4.14. The Morgan fingerprint density at radius 3 is 2.71 bits per heavy atom. The average Bonchev–Trinajstić information content (AvgIpc) is 2.53. The molecule has 17 heavy (non-hydrogen) atoms. The summed E-state index contributed by atoms with van der Waals surface area (Å²) >= 11 is 0. The van der Waals surface area contributed by atoms with Gasteiger partial charge < -0.3 is 10.0 Å². The van der Waals surface area contributed by atoms with Crippen LogP contribution in [0.1, 0.15) is 29.4 Å². The van der Waals surface area contributed by atoms with Crippen molar-refractivity contribution in [1.29, 1.82) is 0 Å². The van der Waals surface area contributed by atoms with E-state index in [-0.39, 0.29) is 12.0 Å². The number of rotatable bonds is 2. The molecule has 2 atom stereocenters. The monoisotopic (exact) mass is 237 g/mol. The number of fused-ring (bicyclic) bond motifs is 1. The van der Waals surface area contributed by atoms with Crippen molar-refractivity contribution < 1.29 is 9.90 Å². The van der Waals surface area contributed by atoms with Gasteiger partial charge in [0.1, 0.15) is 0 Å². The Balaban J connectivity index is 2.47. The standard InChI is InChI=1S/C12H19N3O2/c1-7-11-9(14(2)3)5-8(12(16)17)6-10(11)15(4)13-7/h8-9H,5-6H2,1-4H3,(H,16,17). The van der Waals surface area contributed by atoms with Gasteiger partial charge in [-0.05, 0) is 27.4 Å². The van der Waals surface area contributed by atoms with Crippen LogP contribution in [0.25, 0.3) is 0 Å². The highest BCUT2D eigenvalue weighted by Gasteiger charge is 2.35. The lowest BCUT2D eigenvalue weighted by molar-refractivity contribution is -0.142. The molecule has 2 unspecified atom stereocenters. The van der Waals surface area contributed by atoms with Gasteiger partial charge in [-0.3, -0.25) is 9.48 Å². The highest BCUT2D eigenvalue weighted by molar-refractivity contribution is 5.71. The van der Waals surface area contributed by atoms with E-state index in [4.69, 9.17) is 0 Å². The maximum atomic E-state index is 11.2. The Morgan fingerprint density at radius 2 is 2.18 bits per heavy atom. The molecular weight excluding hydrogens is 218 g/mol. The molecule has 0 amide bonds. The first-order valence-corrected chi connectivity index (χ1v) is 5.83. The summed E-state index contributed by atoms with van der Waals surface area (Å²) in [7, 11) is 5.87. The molecule has 0 bridgehead atoms. The number of aryl methyl sites for hydroxylation is 2. The SMILES string of the molecule is Cc1nn(C)c2c1C(N(C)C)CC(C(=O)O)C2. The molecule has 1 N–H and O–H groups in total. The van der Waals surface area contributed by atoms with E-state index in [1.165, 1.54) is 5.56 Å². The first-order valence-electron chi connectivity index (χ1n) is 5.83. The molecule has 94 valence electrons. The molecule has 0 spiro atoms. The molecule has 5 nitrogen and oxygen atoms in total. The zero-order valence-electron chi connectivity index (χ0n) is 10.8. The predicted octanol–water partition coefficient (Wildman–Crippen LogP) is 0.978. The zero-order chi connectivity index (χ0) is 12.7. The third kappa shape index (κ3) is 1.95. The van der Waals surface area contributed by atoms with Crippen LogP contribution < -0.4 is 0 Å². The topological polar surface area (TPSA) is 58.4 Å². The molecule has 0 saturated heterocycles. The van der Waals surface area contributed by atoms with Gasteiger partial charge in [0.2, 0.25) is 0 Å². The molecule has 1 aromatic rings. The van der Waals surface area contributed by atoms with Gasteiger partial charge in [-0.1, -0.05) is 0 Å². The van der Waals surface area contributed by atoms with Crippen LogP contribution in [-0.2, 0) is 18.3 Å². The van der Waals surface area contributed by atoms with Gasteiger partial charge in [-0.15, -0.1) is 0 Å². The molecule has 0 aromatic carbocycles. The summed E-state index contributed by atoms with van der Waals surface area (Å²) in [6, 6.07) is 0.161. The van der Waals surface area contributed by atoms with E-state index in [9.17, 15) is 9.90 Å². The van der Waals surface area contributed by atoms with Crippen LogP contribution in [-0.4, -0.2) is 39.9 Å². The molecule has 1 aliphatic rings. The summed E-state index contributed by atoms with van der Waals surface area (Å²) in [6.45, 7) is 2.00. The van der Waals surface area contributed by atoms with Crippen molar-refractivity contribution >= 4 is 5.97 Å². The fourth-order valence-electron chi connectivity index (χ4n) is 2.76. The highest BCUT2D eigenvalue weighted by atomic mass is 16.4. The van der Waals surface area contributed by atoms with Gasteiger partial charge in [-0.25, -0.2) is 0 Å². The van der Waals surface area contributed by atoms with Crippen molar-refractivity contribution in [2.45, 2.75) is 25.8 Å². The van der Waals surface area contributed by atoms with Crippen LogP contribution >= 0.6 is 0 Å². The smallest absolute Gasteiger partial charge is 0.306 e. The molecule has 0 saturated carbocycles. The lowest BCUT2D eigenvalue weighted by Crippen LogP contribution is -2.32. The summed E-state index contributed by atoms with van der Waals surface area (Å²) in [5.74, 6) is -1.01. The zero-order valence-corrected chi connectivity index (χ0v) is 10.8. The molecule has 0 fully saturated rings. The number of aliphatic carboxylic acids is 1. The lowest BCUT2D eigenvalue weighted by Gasteiger charge is -2.32. The minimum Gasteiger partial charge on any atom is -0.481 e. The fraction of sp³-hybridized carbons (Fsp3) is 0.667. The van der Waals surface area contributed by atoms with Crippen molar-refractivity contribution in [3.05, 3.63) is 17.0 Å². The largest absolute Gasteiger partial charge is 0.481 e. The Hall–Kier alpha value is -1.36. The molecule has 2 rings (SSSR count). The molecule has 1 aromatic heterocycles. The summed E-state index contributed by atoms with van der Waals surface area (Å²) in [5.41, 5.74) is 3.31. The third-order valence-corrected chi connectivity index (χ3v) is 3.64. The van der Waals surface area contributed by atoms with Crippen LogP contribution in [0.4, 0.5) is 0 Å². The Labute approximate surface area is 101 Å². The Bertz CT molecular complexity index is 451. The molecule has 1 heterocycles. The summed E-state index contributed by atoms with van der Waals surface area (Å²) in [6.07, 6.45) is 1.26. The summed E-state index contributed by atoms with van der Waals surface area (Å²) in [5, 5.41) is 13.6. The van der Waals surface area contributed by atoms with Gasteiger partial charge in [-0.2, -0.15) is 5.10 Å². The molecule has 0 radical (unpaired) electrons. The van der Waals surface area contributed by atoms with Gasteiger partial charge in [0, 0.05) is 30.8 Å². The van der Waals surface area contributed by atoms with Crippen molar-refractivity contribution in [2.24, 2.45) is 13.0 Å². The second-order valence-electron chi connectivity index (χ2n) is 5.02. The number of hydrogen-bond acceptors (Lipinski definition) is 3. The summed E-state index contributed by atoms with van der Waals surface area (Å²) < 4.78 is 1.83. The van der Waals surface area contributed by atoms with E-state index in [1.54, 1.807) is 0 Å². The van der Waals surface area contributed by atoms with Gasteiger partial charge in [0.05, 0.1) is 11.6 Å². The number of carboxylic acid groups (broad SMARTS) is 1. The number of nitrogens with zero attached hydrogens (tertiary/aromatic N) is 3. The number of hydrogen-bond donors (Lipinski definition) is 1. The third-order valence-electron chi connectivity index (χ3n) is 3.64. The van der Waals surface area contributed by atoms with Gasteiger partial charge in [0.15, 0.2) is 0 Å². The second-order valence-corrected chi connectivity index (χ2v) is 5.02. The van der Waals surface area contributed by atoms with Crippen molar-refractivity contribution in [3.8, 4) is 0 Å². The van der Waals surface area contributed by atoms with Gasteiger partial charge >= 0.3 is 5.97 Å². The number of carbonyl (C=O) groups is 1. The highest BCUT2D eigenvalue weighted by Crippen LogP contribution is 2.37. The normalized spacial score (nSPS) is 23.8. The molecule has 5 heteroatoms. The lowest BCUT2D eigenvalue weighted by atomic mass is 9.82. The van der Waals surface area contributed by atoms with Gasteiger partial charge in [0.25, 0.3) is 0 Å². The van der Waals surface area contributed by atoms with Crippen LogP contribution in [0, 0.1) is 12.8 Å². The van der Waals surface area contributed by atoms with Crippen LogP contribution in [0.2, 0.25) is 0 Å². The van der Waals surface area contributed by atoms with E-state index in [0.29, 0.717) is 12.8 Å². The molecular formula is C12H19N3O2. The van der Waals surface area contributed by atoms with Crippen LogP contribution in [0.3, 0.4) is 0 Å². The molecule has 0 aliphatic heterocycles. The predicted molar refractivity (Wildman–Crippen MR) is 63.8 cm³/mol. The van der Waals surface area contributed by atoms with Crippen LogP contribution in [0.5, 0.6) is 0 Å². The Kier molecular flexibility index (Phi) is 2.95. The number of aromatic nitrogens is 2. The fourth-order valence-corrected chi connectivity index (χ4v) is 2.76. The van der Waals surface area contributed by atoms with E-state index in [2.05, 4.69) is 10.00 Å². The van der Waals surface area contributed by atoms with Crippen molar-refractivity contribution in [2.75, 3.05) is 14.1 Å². The first-order chi connectivity index (χ1) is 7.91. The average molecular weight is 237 g/mol. The number of carboxylic acids is 1. The minimum absolute atomic E-state index is 0.161. The van der Waals surface area contributed by atoms with E-state index in [0.717, 1.165) is 11.4 Å². The van der Waals surface area contributed by atoms with E-state index < -0.39 is 5.97 Å². The molecule has 1 aliphatic carbocycles. The van der Waals surface area contributed by atoms with E-state index >= 15 is 0 Å². The van der Waals surface area contributed by atoms with Crippen LogP contribution in [0.15, 0.2) is 0 Å². The van der Waals surface area contributed by atoms with E-state index in [1.807, 2.05) is 32.7 Å². The van der Waals surface area contributed by atoms with Crippen molar-refractivity contribution in [3.63, 3.8) is 0 Å². The minimum atomic E-state index is -0.707. The quantitative estimate of drug-likeness (QED) is 0.833. The van der Waals surface area contributed by atoms with Crippen molar-refractivity contribution in [1.82, 2.24) is 14.7 Å². The Morgan fingerprint density at radius 1 is 1.53 bits per heavy atom. The maximum absolute atomic E-state index is 11.2. The maximum Gasteiger partial charge on any atom is 0.306 e. The summed E-state index contributed by atoms with van der Waals surface area (Å²) in [4.78, 5) is 13.3.